The van der Waals surface area contributed by atoms with E-state index in [4.69, 9.17) is 10.2 Å². The van der Waals surface area contributed by atoms with Crippen LogP contribution < -0.4 is 5.73 Å². The molecule has 2 N–H and O–H groups in total. The number of likely N-dealkylation sites (tertiary alicyclic amines) is 1. The van der Waals surface area contributed by atoms with E-state index in [1.807, 2.05) is 6.92 Å². The van der Waals surface area contributed by atoms with Gasteiger partial charge in [0, 0.05) is 19.0 Å². The summed E-state index contributed by atoms with van der Waals surface area (Å²) in [5.74, 6) is -0.0106. The fourth-order valence-electron chi connectivity index (χ4n) is 2.15. The summed E-state index contributed by atoms with van der Waals surface area (Å²) < 4.78 is 5.11. The topological polar surface area (TPSA) is 103 Å². The number of likely N-dealkylation sites (N-methyl/N-ethyl adjacent to an activating group) is 1. The number of nitrogens with two attached hydrogens (primary N) is 1. The zero-order valence-electron chi connectivity index (χ0n) is 9.33. The van der Waals surface area contributed by atoms with Gasteiger partial charge in [-0.05, 0) is 13.0 Å². The van der Waals surface area contributed by atoms with Gasteiger partial charge in [0.1, 0.15) is 16.7 Å². The van der Waals surface area contributed by atoms with Crippen molar-refractivity contribution in [3.8, 4) is 0 Å². The minimum atomic E-state index is -0.609. The van der Waals surface area contributed by atoms with Crippen LogP contribution in [0.4, 0.5) is 5.88 Å². The summed E-state index contributed by atoms with van der Waals surface area (Å²) in [4.78, 5) is 23.1. The zero-order valence-corrected chi connectivity index (χ0v) is 9.33. The molecule has 1 amide bonds. The van der Waals surface area contributed by atoms with Crippen molar-refractivity contribution in [1.29, 1.82) is 0 Å². The van der Waals surface area contributed by atoms with Crippen LogP contribution in [0.5, 0.6) is 0 Å². The quantitative estimate of drug-likeness (QED) is 0.621. The van der Waals surface area contributed by atoms with Crippen LogP contribution in [0, 0.1) is 10.1 Å². The van der Waals surface area contributed by atoms with Gasteiger partial charge in [-0.25, -0.2) is 0 Å². The van der Waals surface area contributed by atoms with Gasteiger partial charge in [-0.2, -0.15) is 0 Å². The summed E-state index contributed by atoms with van der Waals surface area (Å²) in [6.45, 7) is 2.34. The number of carbonyl (C=O) groups excluding carboxylic acids is 1. The lowest BCUT2D eigenvalue weighted by molar-refractivity contribution is -0.402. The van der Waals surface area contributed by atoms with Crippen molar-refractivity contribution in [2.75, 3.05) is 6.54 Å². The van der Waals surface area contributed by atoms with E-state index in [-0.39, 0.29) is 24.3 Å². The molecule has 0 spiro atoms. The van der Waals surface area contributed by atoms with Crippen LogP contribution in [-0.4, -0.2) is 28.3 Å². The number of hydrogen-bond acceptors (Lipinski definition) is 5. The van der Waals surface area contributed by atoms with Gasteiger partial charge in [0.25, 0.3) is 0 Å². The molecule has 1 aliphatic rings. The Labute approximate surface area is 97.3 Å². The molecular weight excluding hydrogens is 226 g/mol. The second-order valence-corrected chi connectivity index (χ2v) is 3.93. The lowest BCUT2D eigenvalue weighted by atomic mass is 10.1. The Bertz CT molecular complexity index is 456. The molecule has 0 aromatic carbocycles. The zero-order chi connectivity index (χ0) is 12.6. The fourth-order valence-corrected chi connectivity index (χ4v) is 2.15. The number of carbonyl (C=O) groups is 1. The summed E-state index contributed by atoms with van der Waals surface area (Å²) in [5, 5.41) is 10.5. The van der Waals surface area contributed by atoms with Gasteiger partial charge in [0.15, 0.2) is 0 Å². The molecule has 0 bridgehead atoms. The second-order valence-electron chi connectivity index (χ2n) is 3.93. The molecule has 2 unspecified atom stereocenters. The Kier molecular flexibility index (Phi) is 2.84. The van der Waals surface area contributed by atoms with Crippen LogP contribution in [0.15, 0.2) is 16.5 Å². The van der Waals surface area contributed by atoms with Crippen LogP contribution in [0.2, 0.25) is 0 Å². The molecule has 17 heavy (non-hydrogen) atoms. The lowest BCUT2D eigenvalue weighted by Crippen LogP contribution is -2.32. The molecule has 1 fully saturated rings. The maximum absolute atomic E-state index is 11.6. The van der Waals surface area contributed by atoms with Crippen LogP contribution in [0.25, 0.3) is 0 Å². The first-order valence-corrected chi connectivity index (χ1v) is 5.33. The first-order valence-electron chi connectivity index (χ1n) is 5.33. The molecule has 92 valence electrons. The van der Waals surface area contributed by atoms with Gasteiger partial charge >= 0.3 is 5.88 Å². The third kappa shape index (κ3) is 1.89. The van der Waals surface area contributed by atoms with Crippen molar-refractivity contribution in [1.82, 2.24) is 4.90 Å². The predicted octanol–water partition coefficient (Wildman–Crippen LogP) is 0.808. The van der Waals surface area contributed by atoms with Crippen LogP contribution >= 0.6 is 0 Å². The standard InChI is InChI=1S/C10H13N3O4/c1-2-12-8(14)5-6(11)10(12)7-3-4-9(17-7)13(15)16/h3-4,6,10H,2,5,11H2,1H3. The first kappa shape index (κ1) is 11.6. The molecular formula is C10H13N3O4. The average molecular weight is 239 g/mol. The number of amides is 1. The molecule has 0 radical (unpaired) electrons. The maximum atomic E-state index is 11.6. The number of furan rings is 1. The Balaban J connectivity index is 2.31. The first-order chi connectivity index (χ1) is 8.04. The molecule has 1 aliphatic heterocycles. The normalized spacial score (nSPS) is 24.4. The summed E-state index contributed by atoms with van der Waals surface area (Å²) >= 11 is 0. The molecule has 2 rings (SSSR count). The lowest BCUT2D eigenvalue weighted by Gasteiger charge is -2.23. The highest BCUT2D eigenvalue weighted by Crippen LogP contribution is 2.34. The van der Waals surface area contributed by atoms with E-state index in [0.717, 1.165) is 0 Å². The highest BCUT2D eigenvalue weighted by molar-refractivity contribution is 5.80. The predicted molar refractivity (Wildman–Crippen MR) is 58.1 cm³/mol. The summed E-state index contributed by atoms with van der Waals surface area (Å²) in [6.07, 6.45) is 0.243. The van der Waals surface area contributed by atoms with Gasteiger partial charge in [-0.3, -0.25) is 14.9 Å². The number of nitro groups is 1. The number of rotatable bonds is 3. The Morgan fingerprint density at radius 2 is 2.35 bits per heavy atom. The van der Waals surface area contributed by atoms with E-state index >= 15 is 0 Å². The third-order valence-electron chi connectivity index (χ3n) is 2.90. The van der Waals surface area contributed by atoms with Gasteiger partial charge in [-0.15, -0.1) is 0 Å². The van der Waals surface area contributed by atoms with Gasteiger partial charge < -0.3 is 15.1 Å². The second kappa shape index (κ2) is 4.17. The summed E-state index contributed by atoms with van der Waals surface area (Å²) in [7, 11) is 0. The Hall–Kier alpha value is -1.89. The molecule has 7 nitrogen and oxygen atoms in total. The van der Waals surface area contributed by atoms with Crippen molar-refractivity contribution in [2.45, 2.75) is 25.4 Å². The van der Waals surface area contributed by atoms with Gasteiger partial charge in [-0.1, -0.05) is 0 Å². The van der Waals surface area contributed by atoms with Crippen LogP contribution in [0.3, 0.4) is 0 Å². The van der Waals surface area contributed by atoms with E-state index in [0.29, 0.717) is 12.3 Å². The Morgan fingerprint density at radius 1 is 1.65 bits per heavy atom. The average Bonchev–Trinajstić information content (AvgIpc) is 2.82. The van der Waals surface area contributed by atoms with Crippen molar-refractivity contribution >= 4 is 11.8 Å². The van der Waals surface area contributed by atoms with Crippen molar-refractivity contribution in [3.05, 3.63) is 28.0 Å². The smallest absolute Gasteiger partial charge is 0.404 e. The summed E-state index contributed by atoms with van der Waals surface area (Å²) in [6, 6.07) is 2.00. The third-order valence-corrected chi connectivity index (χ3v) is 2.90. The van der Waals surface area contributed by atoms with Crippen molar-refractivity contribution < 1.29 is 14.1 Å². The molecule has 0 aliphatic carbocycles. The minimum absolute atomic E-state index is 0.0518. The monoisotopic (exact) mass is 239 g/mol. The molecule has 7 heteroatoms. The highest BCUT2D eigenvalue weighted by atomic mass is 16.6. The summed E-state index contributed by atoms with van der Waals surface area (Å²) in [5.41, 5.74) is 5.86. The van der Waals surface area contributed by atoms with Gasteiger partial charge in [0.05, 0.1) is 6.07 Å². The maximum Gasteiger partial charge on any atom is 0.433 e. The van der Waals surface area contributed by atoms with E-state index in [1.54, 1.807) is 4.90 Å². The molecule has 0 saturated carbocycles. The fraction of sp³-hybridized carbons (Fsp3) is 0.500. The number of hydrogen-bond donors (Lipinski definition) is 1. The Morgan fingerprint density at radius 3 is 2.88 bits per heavy atom. The molecule has 1 aromatic rings. The highest BCUT2D eigenvalue weighted by Gasteiger charge is 2.40. The van der Waals surface area contributed by atoms with Crippen LogP contribution in [0.1, 0.15) is 25.1 Å². The molecule has 2 heterocycles. The van der Waals surface area contributed by atoms with E-state index in [2.05, 4.69) is 0 Å². The van der Waals surface area contributed by atoms with Gasteiger partial charge in [0.2, 0.25) is 5.91 Å². The molecule has 2 atom stereocenters. The van der Waals surface area contributed by atoms with E-state index in [1.165, 1.54) is 12.1 Å². The van der Waals surface area contributed by atoms with Crippen molar-refractivity contribution in [3.63, 3.8) is 0 Å². The van der Waals surface area contributed by atoms with E-state index < -0.39 is 11.0 Å². The largest absolute Gasteiger partial charge is 0.433 e. The minimum Gasteiger partial charge on any atom is -0.404 e. The van der Waals surface area contributed by atoms with Crippen LogP contribution in [-0.2, 0) is 4.79 Å². The molecule has 1 saturated heterocycles. The van der Waals surface area contributed by atoms with E-state index in [9.17, 15) is 14.9 Å². The SMILES string of the molecule is CCN1C(=O)CC(N)C1c1ccc([N+](=O)[O-])o1. The number of nitrogens with zero attached hydrogens (tertiary/aromatic N) is 2. The van der Waals surface area contributed by atoms with Crippen molar-refractivity contribution in [2.24, 2.45) is 5.73 Å². The molecule has 1 aromatic heterocycles.